The van der Waals surface area contributed by atoms with E-state index < -0.39 is 0 Å². The largest absolute Gasteiger partial charge is 0.252 e. The van der Waals surface area contributed by atoms with Crippen LogP contribution in [0.15, 0.2) is 0 Å². The van der Waals surface area contributed by atoms with Gasteiger partial charge >= 0.3 is 0 Å². The molecule has 0 aliphatic rings. The van der Waals surface area contributed by atoms with Crippen molar-refractivity contribution >= 4 is 0 Å². The smallest absolute Gasteiger partial charge is 0.0998 e. The lowest BCUT2D eigenvalue weighted by Gasteiger charge is -2.30. The molecule has 0 saturated carbocycles. The van der Waals surface area contributed by atoms with Crippen LogP contribution in [0.3, 0.4) is 0 Å². The lowest BCUT2D eigenvalue weighted by Crippen LogP contribution is -2.33. The van der Waals surface area contributed by atoms with Gasteiger partial charge in [0, 0.05) is 0 Å². The maximum absolute atomic E-state index is 8.53. The van der Waals surface area contributed by atoms with Crippen molar-refractivity contribution in [3.8, 4) is 0 Å². The summed E-state index contributed by atoms with van der Waals surface area (Å²) in [6, 6.07) is 0. The highest BCUT2D eigenvalue weighted by Gasteiger charge is 2.28. The molecule has 1 atom stereocenters. The summed E-state index contributed by atoms with van der Waals surface area (Å²) in [4.78, 5) is 4.38. The summed E-state index contributed by atoms with van der Waals surface area (Å²) in [5.74, 6) is 0.352. The normalized spacial score (nSPS) is 15.9. The minimum atomic E-state index is -0.0764. The summed E-state index contributed by atoms with van der Waals surface area (Å²) < 4.78 is 0. The van der Waals surface area contributed by atoms with E-state index in [4.69, 9.17) is 5.26 Å². The van der Waals surface area contributed by atoms with Gasteiger partial charge in [-0.2, -0.15) is 0 Å². The van der Waals surface area contributed by atoms with Crippen molar-refractivity contribution < 1.29 is 10.1 Å². The zero-order chi connectivity index (χ0) is 8.36. The molecule has 0 rings (SSSR count). The van der Waals surface area contributed by atoms with Gasteiger partial charge in [0.2, 0.25) is 0 Å². The fraction of sp³-hybridized carbons (Fsp3) is 1.00. The monoisotopic (exact) mass is 146 g/mol. The Hall–Kier alpha value is -0.0800. The molecule has 0 amide bonds. The van der Waals surface area contributed by atoms with Crippen molar-refractivity contribution in [2.45, 2.75) is 40.7 Å². The van der Waals surface area contributed by atoms with E-state index in [0.29, 0.717) is 5.92 Å². The second-order valence-corrected chi connectivity index (χ2v) is 4.14. The van der Waals surface area contributed by atoms with Gasteiger partial charge in [0.05, 0.1) is 6.10 Å². The second kappa shape index (κ2) is 3.35. The molecule has 0 aromatic heterocycles. The molecule has 0 heterocycles. The third-order valence-electron chi connectivity index (χ3n) is 1.57. The minimum absolute atomic E-state index is 0.0168. The fourth-order valence-electron chi connectivity index (χ4n) is 1.28. The Balaban J connectivity index is 4.07. The molecule has 62 valence electrons. The van der Waals surface area contributed by atoms with Crippen molar-refractivity contribution in [2.75, 3.05) is 0 Å². The molecule has 0 spiro atoms. The molecule has 0 saturated heterocycles. The van der Waals surface area contributed by atoms with Crippen molar-refractivity contribution in [3.05, 3.63) is 0 Å². The third-order valence-corrected chi connectivity index (χ3v) is 1.57. The number of hydrogen-bond acceptors (Lipinski definition) is 2. The Morgan fingerprint density at radius 2 is 1.60 bits per heavy atom. The topological polar surface area (TPSA) is 29.5 Å². The molecule has 0 bridgehead atoms. The Bertz CT molecular complexity index is 91.9. The van der Waals surface area contributed by atoms with Crippen molar-refractivity contribution in [2.24, 2.45) is 11.3 Å². The first-order chi connectivity index (χ1) is 4.39. The molecule has 0 aliphatic carbocycles. The Morgan fingerprint density at radius 3 is 1.60 bits per heavy atom. The van der Waals surface area contributed by atoms with Crippen LogP contribution in [-0.4, -0.2) is 11.4 Å². The summed E-state index contributed by atoms with van der Waals surface area (Å²) in [5, 5.41) is 8.53. The highest BCUT2D eigenvalue weighted by atomic mass is 17.1. The van der Waals surface area contributed by atoms with Crippen molar-refractivity contribution in [3.63, 3.8) is 0 Å². The van der Waals surface area contributed by atoms with E-state index in [2.05, 4.69) is 4.89 Å². The van der Waals surface area contributed by atoms with E-state index in [-0.39, 0.29) is 11.5 Å². The zero-order valence-corrected chi connectivity index (χ0v) is 7.51. The highest BCUT2D eigenvalue weighted by Crippen LogP contribution is 2.26. The molecule has 2 nitrogen and oxygen atoms in total. The van der Waals surface area contributed by atoms with Crippen molar-refractivity contribution in [1.29, 1.82) is 0 Å². The molecule has 1 N–H and O–H groups in total. The standard InChI is InChI=1S/C8H18O2/c1-6(2)7(10-9)8(3,4)5/h6-7,9H,1-5H3. The van der Waals surface area contributed by atoms with Crippen LogP contribution in [0.25, 0.3) is 0 Å². The van der Waals surface area contributed by atoms with E-state index in [9.17, 15) is 0 Å². The maximum Gasteiger partial charge on any atom is 0.0998 e. The lowest BCUT2D eigenvalue weighted by atomic mass is 9.83. The molecule has 0 radical (unpaired) electrons. The van der Waals surface area contributed by atoms with Crippen LogP contribution in [0.4, 0.5) is 0 Å². The van der Waals surface area contributed by atoms with Gasteiger partial charge < -0.3 is 0 Å². The lowest BCUT2D eigenvalue weighted by molar-refractivity contribution is -0.309. The fourth-order valence-corrected chi connectivity index (χ4v) is 1.28. The van der Waals surface area contributed by atoms with Crippen LogP contribution in [0.1, 0.15) is 34.6 Å². The number of hydrogen-bond donors (Lipinski definition) is 1. The first-order valence-electron chi connectivity index (χ1n) is 3.69. The quantitative estimate of drug-likeness (QED) is 0.479. The van der Waals surface area contributed by atoms with E-state index in [0.717, 1.165) is 0 Å². The van der Waals surface area contributed by atoms with E-state index in [1.165, 1.54) is 0 Å². The molecular weight excluding hydrogens is 128 g/mol. The SMILES string of the molecule is CC(C)C(OO)C(C)(C)C. The van der Waals surface area contributed by atoms with Crippen LogP contribution in [0.2, 0.25) is 0 Å². The summed E-state index contributed by atoms with van der Waals surface area (Å²) >= 11 is 0. The molecule has 0 fully saturated rings. The van der Waals surface area contributed by atoms with Gasteiger partial charge in [-0.3, -0.25) is 5.26 Å². The Labute approximate surface area is 63.1 Å². The van der Waals surface area contributed by atoms with Gasteiger partial charge in [-0.25, -0.2) is 4.89 Å². The Kier molecular flexibility index (Phi) is 3.33. The van der Waals surface area contributed by atoms with Gasteiger partial charge in [-0.05, 0) is 11.3 Å². The summed E-state index contributed by atoms with van der Waals surface area (Å²) in [5.41, 5.74) is 0.0168. The van der Waals surface area contributed by atoms with Crippen LogP contribution >= 0.6 is 0 Å². The second-order valence-electron chi connectivity index (χ2n) is 4.14. The molecular formula is C8H18O2. The highest BCUT2D eigenvalue weighted by molar-refractivity contribution is 4.75. The van der Waals surface area contributed by atoms with E-state index in [1.54, 1.807) is 0 Å². The molecule has 0 aromatic carbocycles. The predicted octanol–water partition coefficient (Wildman–Crippen LogP) is 2.55. The summed E-state index contributed by atoms with van der Waals surface area (Å²) in [7, 11) is 0. The predicted molar refractivity (Wildman–Crippen MR) is 41.8 cm³/mol. The van der Waals surface area contributed by atoms with Gasteiger partial charge in [0.15, 0.2) is 0 Å². The van der Waals surface area contributed by atoms with Gasteiger partial charge in [0.1, 0.15) is 0 Å². The average molecular weight is 146 g/mol. The van der Waals surface area contributed by atoms with Crippen LogP contribution in [0.5, 0.6) is 0 Å². The first-order valence-corrected chi connectivity index (χ1v) is 3.69. The maximum atomic E-state index is 8.53. The van der Waals surface area contributed by atoms with E-state index >= 15 is 0 Å². The molecule has 2 heteroatoms. The molecule has 0 aromatic rings. The summed E-state index contributed by atoms with van der Waals surface area (Å²) in [6.07, 6.45) is -0.0764. The zero-order valence-electron chi connectivity index (χ0n) is 7.51. The molecule has 10 heavy (non-hydrogen) atoms. The number of rotatable bonds is 2. The first kappa shape index (κ1) is 9.92. The van der Waals surface area contributed by atoms with Crippen LogP contribution in [-0.2, 0) is 4.89 Å². The Morgan fingerprint density at radius 1 is 1.20 bits per heavy atom. The third kappa shape index (κ3) is 2.67. The molecule has 1 unspecified atom stereocenters. The summed E-state index contributed by atoms with van der Waals surface area (Å²) in [6.45, 7) is 10.2. The molecule has 0 aliphatic heterocycles. The average Bonchev–Trinajstić information content (AvgIpc) is 1.60. The van der Waals surface area contributed by atoms with Gasteiger partial charge in [-0.15, -0.1) is 0 Å². The van der Waals surface area contributed by atoms with E-state index in [1.807, 2.05) is 34.6 Å². The van der Waals surface area contributed by atoms with Crippen molar-refractivity contribution in [1.82, 2.24) is 0 Å². The van der Waals surface area contributed by atoms with Gasteiger partial charge in [0.25, 0.3) is 0 Å². The minimum Gasteiger partial charge on any atom is -0.252 e. The van der Waals surface area contributed by atoms with Gasteiger partial charge in [-0.1, -0.05) is 34.6 Å². The van der Waals surface area contributed by atoms with Crippen LogP contribution in [0, 0.1) is 11.3 Å². The van der Waals surface area contributed by atoms with Crippen LogP contribution < -0.4 is 0 Å².